The van der Waals surface area contributed by atoms with Gasteiger partial charge in [0.2, 0.25) is 0 Å². The molecule has 1 aromatic rings. The van der Waals surface area contributed by atoms with Crippen molar-refractivity contribution in [3.05, 3.63) is 27.4 Å². The SMILES string of the molecule is CCCOCc1nc(C)c(CCC(=O)O)c(=O)[nH]1. The van der Waals surface area contributed by atoms with Gasteiger partial charge in [-0.3, -0.25) is 9.59 Å². The number of nitrogens with zero attached hydrogens (tertiary/aromatic N) is 1. The first kappa shape index (κ1) is 14.4. The van der Waals surface area contributed by atoms with E-state index in [2.05, 4.69) is 9.97 Å². The molecule has 0 aliphatic carbocycles. The predicted molar refractivity (Wildman–Crippen MR) is 65.5 cm³/mol. The van der Waals surface area contributed by atoms with Gasteiger partial charge in [0.1, 0.15) is 12.4 Å². The highest BCUT2D eigenvalue weighted by molar-refractivity contribution is 5.67. The van der Waals surface area contributed by atoms with Crippen molar-refractivity contribution in [3.8, 4) is 0 Å². The van der Waals surface area contributed by atoms with E-state index in [1.54, 1.807) is 6.92 Å². The number of hydrogen-bond acceptors (Lipinski definition) is 4. The van der Waals surface area contributed by atoms with Crippen LogP contribution in [0.25, 0.3) is 0 Å². The van der Waals surface area contributed by atoms with Gasteiger partial charge < -0.3 is 14.8 Å². The van der Waals surface area contributed by atoms with E-state index < -0.39 is 5.97 Å². The summed E-state index contributed by atoms with van der Waals surface area (Å²) in [5.74, 6) is -0.450. The summed E-state index contributed by atoms with van der Waals surface area (Å²) in [4.78, 5) is 29.1. The molecule has 1 rings (SSSR count). The van der Waals surface area contributed by atoms with Crippen molar-refractivity contribution in [1.82, 2.24) is 9.97 Å². The summed E-state index contributed by atoms with van der Waals surface area (Å²) in [5.41, 5.74) is 0.714. The highest BCUT2D eigenvalue weighted by atomic mass is 16.5. The molecule has 6 heteroatoms. The minimum atomic E-state index is -0.927. The number of aromatic nitrogens is 2. The first-order valence-electron chi connectivity index (χ1n) is 5.92. The Bertz CT molecular complexity index is 468. The van der Waals surface area contributed by atoms with Gasteiger partial charge in [-0.15, -0.1) is 0 Å². The second-order valence-corrected chi connectivity index (χ2v) is 4.02. The van der Waals surface area contributed by atoms with Crippen LogP contribution >= 0.6 is 0 Å². The standard InChI is InChI=1S/C12H18N2O4/c1-3-6-18-7-10-13-8(2)9(12(17)14-10)4-5-11(15)16/h3-7H2,1-2H3,(H,15,16)(H,13,14,17). The van der Waals surface area contributed by atoms with Crippen LogP contribution in [-0.4, -0.2) is 27.7 Å². The molecule has 0 radical (unpaired) electrons. The first-order valence-corrected chi connectivity index (χ1v) is 5.92. The molecular weight excluding hydrogens is 236 g/mol. The van der Waals surface area contributed by atoms with E-state index in [0.29, 0.717) is 23.7 Å². The van der Waals surface area contributed by atoms with Crippen molar-refractivity contribution in [2.45, 2.75) is 39.7 Å². The Hall–Kier alpha value is -1.69. The lowest BCUT2D eigenvalue weighted by molar-refractivity contribution is -0.136. The summed E-state index contributed by atoms with van der Waals surface area (Å²) in [6.07, 6.45) is 1.02. The number of aromatic amines is 1. The fourth-order valence-corrected chi connectivity index (χ4v) is 1.58. The number of H-pyrrole nitrogens is 1. The zero-order chi connectivity index (χ0) is 13.5. The van der Waals surface area contributed by atoms with Gasteiger partial charge in [-0.2, -0.15) is 0 Å². The van der Waals surface area contributed by atoms with E-state index in [-0.39, 0.29) is 25.0 Å². The molecule has 0 unspecified atom stereocenters. The summed E-state index contributed by atoms with van der Waals surface area (Å²) >= 11 is 0. The maximum atomic E-state index is 11.8. The average molecular weight is 254 g/mol. The molecule has 0 atom stereocenters. The Morgan fingerprint density at radius 1 is 1.50 bits per heavy atom. The molecule has 6 nitrogen and oxygen atoms in total. The molecule has 18 heavy (non-hydrogen) atoms. The number of aliphatic carboxylic acids is 1. The Morgan fingerprint density at radius 3 is 2.78 bits per heavy atom. The van der Waals surface area contributed by atoms with Crippen LogP contribution in [0.2, 0.25) is 0 Å². The van der Waals surface area contributed by atoms with Crippen LogP contribution in [0.1, 0.15) is 36.8 Å². The normalized spacial score (nSPS) is 10.6. The maximum absolute atomic E-state index is 11.8. The van der Waals surface area contributed by atoms with Crippen molar-refractivity contribution in [3.63, 3.8) is 0 Å². The molecule has 0 saturated carbocycles. The van der Waals surface area contributed by atoms with Crippen LogP contribution < -0.4 is 5.56 Å². The number of nitrogens with one attached hydrogen (secondary N) is 1. The van der Waals surface area contributed by atoms with Crippen LogP contribution in [0.3, 0.4) is 0 Å². The van der Waals surface area contributed by atoms with Gasteiger partial charge in [-0.05, 0) is 19.8 Å². The number of carbonyl (C=O) groups is 1. The third-order valence-corrected chi connectivity index (χ3v) is 2.45. The molecule has 0 aliphatic rings. The van der Waals surface area contributed by atoms with Gasteiger partial charge in [0.05, 0.1) is 0 Å². The van der Waals surface area contributed by atoms with Crippen molar-refractivity contribution in [2.24, 2.45) is 0 Å². The Labute approximate surface area is 105 Å². The third kappa shape index (κ3) is 4.29. The summed E-state index contributed by atoms with van der Waals surface area (Å²) in [7, 11) is 0. The summed E-state index contributed by atoms with van der Waals surface area (Å²) < 4.78 is 5.29. The van der Waals surface area contributed by atoms with Crippen LogP contribution in [0.5, 0.6) is 0 Å². The van der Waals surface area contributed by atoms with Crippen LogP contribution in [0.15, 0.2) is 4.79 Å². The average Bonchev–Trinajstić information content (AvgIpc) is 2.28. The van der Waals surface area contributed by atoms with Crippen LogP contribution in [0.4, 0.5) is 0 Å². The second-order valence-electron chi connectivity index (χ2n) is 4.02. The Balaban J connectivity index is 2.77. The van der Waals surface area contributed by atoms with E-state index in [1.165, 1.54) is 0 Å². The molecule has 0 aromatic carbocycles. The molecule has 100 valence electrons. The highest BCUT2D eigenvalue weighted by Gasteiger charge is 2.09. The fraction of sp³-hybridized carbons (Fsp3) is 0.583. The molecule has 0 bridgehead atoms. The van der Waals surface area contributed by atoms with Crippen molar-refractivity contribution < 1.29 is 14.6 Å². The number of carboxylic acids is 1. The molecule has 0 fully saturated rings. The largest absolute Gasteiger partial charge is 0.481 e. The zero-order valence-electron chi connectivity index (χ0n) is 10.7. The molecule has 0 spiro atoms. The molecule has 1 heterocycles. The van der Waals surface area contributed by atoms with Gasteiger partial charge in [-0.25, -0.2) is 4.98 Å². The molecular formula is C12H18N2O4. The van der Waals surface area contributed by atoms with Gasteiger partial charge >= 0.3 is 5.97 Å². The van der Waals surface area contributed by atoms with Crippen LogP contribution in [0, 0.1) is 6.92 Å². The minimum Gasteiger partial charge on any atom is -0.481 e. The van der Waals surface area contributed by atoms with Crippen molar-refractivity contribution in [2.75, 3.05) is 6.61 Å². The maximum Gasteiger partial charge on any atom is 0.303 e. The van der Waals surface area contributed by atoms with Crippen molar-refractivity contribution in [1.29, 1.82) is 0 Å². The zero-order valence-corrected chi connectivity index (χ0v) is 10.7. The number of hydrogen-bond donors (Lipinski definition) is 2. The molecule has 1 aromatic heterocycles. The minimum absolute atomic E-state index is 0.0721. The van der Waals surface area contributed by atoms with E-state index in [9.17, 15) is 9.59 Å². The number of carboxylic acid groups (broad SMARTS) is 1. The van der Waals surface area contributed by atoms with Gasteiger partial charge in [0.15, 0.2) is 0 Å². The number of rotatable bonds is 7. The quantitative estimate of drug-likeness (QED) is 0.709. The number of aryl methyl sites for hydroxylation is 1. The summed E-state index contributed by atoms with van der Waals surface area (Å²) in [6, 6.07) is 0. The second kappa shape index (κ2) is 6.90. The lowest BCUT2D eigenvalue weighted by Gasteiger charge is -2.06. The molecule has 0 amide bonds. The Kier molecular flexibility index (Phi) is 5.51. The Morgan fingerprint density at radius 2 is 2.22 bits per heavy atom. The van der Waals surface area contributed by atoms with Crippen LogP contribution in [-0.2, 0) is 22.6 Å². The third-order valence-electron chi connectivity index (χ3n) is 2.45. The highest BCUT2D eigenvalue weighted by Crippen LogP contribution is 2.03. The van der Waals surface area contributed by atoms with E-state index in [1.807, 2.05) is 6.92 Å². The predicted octanol–water partition coefficient (Wildman–Crippen LogP) is 1.02. The first-order chi connectivity index (χ1) is 8.54. The molecule has 0 saturated heterocycles. The van der Waals surface area contributed by atoms with Crippen molar-refractivity contribution >= 4 is 5.97 Å². The topological polar surface area (TPSA) is 92.3 Å². The fourth-order valence-electron chi connectivity index (χ4n) is 1.58. The van der Waals surface area contributed by atoms with E-state index >= 15 is 0 Å². The van der Waals surface area contributed by atoms with Gasteiger partial charge in [0.25, 0.3) is 5.56 Å². The van der Waals surface area contributed by atoms with E-state index in [0.717, 1.165) is 6.42 Å². The smallest absolute Gasteiger partial charge is 0.303 e. The lowest BCUT2D eigenvalue weighted by atomic mass is 10.1. The molecule has 2 N–H and O–H groups in total. The summed E-state index contributed by atoms with van der Waals surface area (Å²) in [5, 5.41) is 8.60. The summed E-state index contributed by atoms with van der Waals surface area (Å²) in [6.45, 7) is 4.58. The van der Waals surface area contributed by atoms with E-state index in [4.69, 9.17) is 9.84 Å². The van der Waals surface area contributed by atoms with Gasteiger partial charge in [0, 0.05) is 24.3 Å². The monoisotopic (exact) mass is 254 g/mol. The molecule has 0 aliphatic heterocycles. The van der Waals surface area contributed by atoms with Gasteiger partial charge in [-0.1, -0.05) is 6.92 Å². The lowest BCUT2D eigenvalue weighted by Crippen LogP contribution is -2.20. The number of ether oxygens (including phenoxy) is 1.